The van der Waals surface area contributed by atoms with Gasteiger partial charge in [-0.15, -0.1) is 0 Å². The highest BCUT2D eigenvalue weighted by atomic mass is 32.2. The van der Waals surface area contributed by atoms with Crippen LogP contribution < -0.4 is 5.32 Å². The normalized spacial score (nSPS) is 24.6. The minimum Gasteiger partial charge on any atom is -0.394 e. The van der Waals surface area contributed by atoms with Crippen molar-refractivity contribution in [2.45, 2.75) is 24.0 Å². The Bertz CT molecular complexity index is 544. The largest absolute Gasteiger partial charge is 0.394 e. The van der Waals surface area contributed by atoms with Crippen LogP contribution in [0.2, 0.25) is 0 Å². The summed E-state index contributed by atoms with van der Waals surface area (Å²) in [6.45, 7) is 2.08. The minimum atomic E-state index is -3.56. The number of ether oxygens (including phenoxy) is 1. The fourth-order valence-electron chi connectivity index (χ4n) is 2.17. The summed E-state index contributed by atoms with van der Waals surface area (Å²) in [5.41, 5.74) is 0.854. The second-order valence-corrected chi connectivity index (χ2v) is 6.73. The highest BCUT2D eigenvalue weighted by Gasteiger charge is 2.35. The minimum absolute atomic E-state index is 0.174. The van der Waals surface area contributed by atoms with Crippen molar-refractivity contribution in [2.75, 3.05) is 32.1 Å². The van der Waals surface area contributed by atoms with E-state index in [1.54, 1.807) is 38.2 Å². The molecule has 0 bridgehead atoms. The van der Waals surface area contributed by atoms with Crippen LogP contribution in [0.25, 0.3) is 0 Å². The standard InChI is InChI=1S/C13H20N2O4S/c1-10-9-19-12(8-16)7-15(10)20(17,18)13-5-3-11(14-2)4-6-13/h3-6,10,12,14,16H,7-9H2,1-2H3. The van der Waals surface area contributed by atoms with Gasteiger partial charge in [-0.1, -0.05) is 0 Å². The lowest BCUT2D eigenvalue weighted by Crippen LogP contribution is -2.51. The van der Waals surface area contributed by atoms with Crippen molar-refractivity contribution in [3.8, 4) is 0 Å². The first kappa shape index (κ1) is 15.2. The van der Waals surface area contributed by atoms with Crippen molar-refractivity contribution in [1.29, 1.82) is 0 Å². The molecule has 1 aliphatic heterocycles. The van der Waals surface area contributed by atoms with Gasteiger partial charge in [-0.25, -0.2) is 8.42 Å². The molecular weight excluding hydrogens is 280 g/mol. The first-order valence-electron chi connectivity index (χ1n) is 6.51. The van der Waals surface area contributed by atoms with Crippen molar-refractivity contribution in [3.63, 3.8) is 0 Å². The third-order valence-electron chi connectivity index (χ3n) is 3.40. The van der Waals surface area contributed by atoms with Gasteiger partial charge in [-0.2, -0.15) is 4.31 Å². The van der Waals surface area contributed by atoms with Crippen LogP contribution in [0, 0.1) is 0 Å². The Balaban J connectivity index is 2.27. The molecule has 1 fully saturated rings. The number of sulfonamides is 1. The van der Waals surface area contributed by atoms with Gasteiger partial charge in [0.15, 0.2) is 0 Å². The average molecular weight is 300 g/mol. The molecule has 2 unspecified atom stereocenters. The van der Waals surface area contributed by atoms with E-state index in [0.29, 0.717) is 6.61 Å². The number of nitrogens with zero attached hydrogens (tertiary/aromatic N) is 1. The molecule has 0 aliphatic carbocycles. The van der Waals surface area contributed by atoms with Crippen molar-refractivity contribution in [2.24, 2.45) is 0 Å². The summed E-state index contributed by atoms with van der Waals surface area (Å²) in [6.07, 6.45) is -0.461. The molecule has 6 nitrogen and oxygen atoms in total. The molecule has 0 aromatic heterocycles. The summed E-state index contributed by atoms with van der Waals surface area (Å²) >= 11 is 0. The van der Waals surface area contributed by atoms with Crippen LogP contribution in [-0.2, 0) is 14.8 Å². The van der Waals surface area contributed by atoms with E-state index in [1.807, 2.05) is 0 Å². The van der Waals surface area contributed by atoms with E-state index in [4.69, 9.17) is 9.84 Å². The summed E-state index contributed by atoms with van der Waals surface area (Å²) in [4.78, 5) is 0.252. The zero-order valence-corrected chi connectivity index (χ0v) is 12.4. The monoisotopic (exact) mass is 300 g/mol. The maximum atomic E-state index is 12.6. The van der Waals surface area contributed by atoms with Crippen molar-refractivity contribution in [1.82, 2.24) is 4.31 Å². The maximum absolute atomic E-state index is 12.6. The number of morpholine rings is 1. The molecule has 1 aromatic rings. The molecule has 1 saturated heterocycles. The van der Waals surface area contributed by atoms with Crippen LogP contribution in [0.4, 0.5) is 5.69 Å². The van der Waals surface area contributed by atoms with E-state index < -0.39 is 16.1 Å². The number of aliphatic hydroxyl groups is 1. The third kappa shape index (κ3) is 2.95. The Kier molecular flexibility index (Phi) is 4.64. The van der Waals surface area contributed by atoms with E-state index in [1.165, 1.54) is 4.31 Å². The molecule has 0 radical (unpaired) electrons. The summed E-state index contributed by atoms with van der Waals surface area (Å²) < 4.78 is 32.0. The maximum Gasteiger partial charge on any atom is 0.243 e. The van der Waals surface area contributed by atoms with Crippen molar-refractivity contribution < 1.29 is 18.3 Å². The Morgan fingerprint density at radius 2 is 2.05 bits per heavy atom. The molecule has 20 heavy (non-hydrogen) atoms. The van der Waals surface area contributed by atoms with Gasteiger partial charge in [-0.05, 0) is 31.2 Å². The van der Waals surface area contributed by atoms with E-state index in [-0.39, 0.29) is 24.1 Å². The molecule has 7 heteroatoms. The SMILES string of the molecule is CNc1ccc(S(=O)(=O)N2CC(CO)OCC2C)cc1. The van der Waals surface area contributed by atoms with Gasteiger partial charge in [0.25, 0.3) is 0 Å². The zero-order chi connectivity index (χ0) is 14.8. The fraction of sp³-hybridized carbons (Fsp3) is 0.538. The van der Waals surface area contributed by atoms with Crippen molar-refractivity contribution in [3.05, 3.63) is 24.3 Å². The summed E-state index contributed by atoms with van der Waals surface area (Å²) in [6, 6.07) is 6.37. The van der Waals surface area contributed by atoms with Gasteiger partial charge in [-0.3, -0.25) is 0 Å². The molecule has 0 saturated carbocycles. The fourth-order valence-corrected chi connectivity index (χ4v) is 3.81. The second-order valence-electron chi connectivity index (χ2n) is 4.84. The number of aliphatic hydroxyl groups excluding tert-OH is 1. The molecule has 0 amide bonds. The van der Waals surface area contributed by atoms with Crippen LogP contribution in [-0.4, -0.2) is 56.8 Å². The number of anilines is 1. The van der Waals surface area contributed by atoms with Gasteiger partial charge in [0.05, 0.1) is 24.2 Å². The predicted octanol–water partition coefficient (Wildman–Crippen LogP) is 0.499. The van der Waals surface area contributed by atoms with E-state index in [0.717, 1.165) is 5.69 Å². The Labute approximate surface area is 119 Å². The van der Waals surface area contributed by atoms with Crippen LogP contribution in [0.3, 0.4) is 0 Å². The van der Waals surface area contributed by atoms with Gasteiger partial charge in [0.1, 0.15) is 0 Å². The highest BCUT2D eigenvalue weighted by Crippen LogP contribution is 2.23. The average Bonchev–Trinajstić information content (AvgIpc) is 2.47. The Morgan fingerprint density at radius 1 is 1.40 bits per heavy atom. The summed E-state index contributed by atoms with van der Waals surface area (Å²) in [5, 5.41) is 12.1. The molecule has 2 N–H and O–H groups in total. The lowest BCUT2D eigenvalue weighted by Gasteiger charge is -2.36. The molecule has 1 aromatic carbocycles. The third-order valence-corrected chi connectivity index (χ3v) is 5.40. The molecule has 2 atom stereocenters. The summed E-state index contributed by atoms with van der Waals surface area (Å²) in [7, 11) is -1.79. The van der Waals surface area contributed by atoms with Gasteiger partial charge < -0.3 is 15.2 Å². The number of hydrogen-bond acceptors (Lipinski definition) is 5. The Morgan fingerprint density at radius 3 is 2.60 bits per heavy atom. The molecule has 112 valence electrons. The molecular formula is C13H20N2O4S. The molecule has 1 heterocycles. The zero-order valence-electron chi connectivity index (χ0n) is 11.6. The second kappa shape index (κ2) is 6.09. The lowest BCUT2D eigenvalue weighted by atomic mass is 10.2. The molecule has 2 rings (SSSR count). The topological polar surface area (TPSA) is 78.9 Å². The predicted molar refractivity (Wildman–Crippen MR) is 76.2 cm³/mol. The molecule has 1 aliphatic rings. The van der Waals surface area contributed by atoms with Crippen LogP contribution >= 0.6 is 0 Å². The van der Waals surface area contributed by atoms with E-state index in [2.05, 4.69) is 5.32 Å². The van der Waals surface area contributed by atoms with Gasteiger partial charge in [0, 0.05) is 25.3 Å². The van der Waals surface area contributed by atoms with Crippen molar-refractivity contribution >= 4 is 15.7 Å². The summed E-state index contributed by atoms with van der Waals surface area (Å²) in [5.74, 6) is 0. The number of benzene rings is 1. The first-order chi connectivity index (χ1) is 9.48. The van der Waals surface area contributed by atoms with Crippen LogP contribution in [0.1, 0.15) is 6.92 Å². The lowest BCUT2D eigenvalue weighted by molar-refractivity contribution is -0.0516. The molecule has 0 spiro atoms. The first-order valence-corrected chi connectivity index (χ1v) is 7.95. The quantitative estimate of drug-likeness (QED) is 0.846. The smallest absolute Gasteiger partial charge is 0.243 e. The van der Waals surface area contributed by atoms with E-state index in [9.17, 15) is 8.42 Å². The number of rotatable bonds is 4. The van der Waals surface area contributed by atoms with Crippen LogP contribution in [0.5, 0.6) is 0 Å². The van der Waals surface area contributed by atoms with Gasteiger partial charge >= 0.3 is 0 Å². The van der Waals surface area contributed by atoms with Crippen LogP contribution in [0.15, 0.2) is 29.2 Å². The van der Waals surface area contributed by atoms with Gasteiger partial charge in [0.2, 0.25) is 10.0 Å². The Hall–Kier alpha value is -1.15. The highest BCUT2D eigenvalue weighted by molar-refractivity contribution is 7.89. The number of hydrogen-bond donors (Lipinski definition) is 2. The van der Waals surface area contributed by atoms with E-state index >= 15 is 0 Å². The number of nitrogens with one attached hydrogen (secondary N) is 1.